The number of aliphatic imine (C=N–C) groups is 1. The maximum absolute atomic E-state index is 12.4. The molecule has 0 saturated carbocycles. The third-order valence-electron chi connectivity index (χ3n) is 4.55. The van der Waals surface area contributed by atoms with Crippen LogP contribution in [0.4, 0.5) is 0 Å². The standard InChI is InChI=1S/C23H19ClN6O2/c1-13(2)32-21-15(10-25)12-26-18-8-7-16(28-20(18)21)9-19-22(31)30-23(29-19)27-11-14-5-3-4-6-17(14)24/h3-9,12-13H,11H2,1-2H3,(H2,27,29,30,31)/b19-9+. The minimum atomic E-state index is -0.327. The van der Waals surface area contributed by atoms with E-state index in [4.69, 9.17) is 16.3 Å². The van der Waals surface area contributed by atoms with Crippen LogP contribution >= 0.6 is 11.6 Å². The molecule has 4 rings (SSSR count). The highest BCUT2D eigenvalue weighted by Gasteiger charge is 2.22. The van der Waals surface area contributed by atoms with Crippen LogP contribution in [0.15, 0.2) is 53.3 Å². The average molecular weight is 447 g/mol. The Bertz CT molecular complexity index is 1310. The van der Waals surface area contributed by atoms with Gasteiger partial charge in [-0.05, 0) is 43.7 Å². The topological polar surface area (TPSA) is 112 Å². The molecule has 1 aliphatic rings. The van der Waals surface area contributed by atoms with Gasteiger partial charge >= 0.3 is 0 Å². The summed E-state index contributed by atoms with van der Waals surface area (Å²) in [5, 5.41) is 15.7. The number of rotatable bonds is 5. The molecule has 9 heteroatoms. The second kappa shape index (κ2) is 9.04. The van der Waals surface area contributed by atoms with E-state index >= 15 is 0 Å². The summed E-state index contributed by atoms with van der Waals surface area (Å²) < 4.78 is 5.83. The number of aromatic nitrogens is 2. The number of guanidine groups is 1. The Balaban J connectivity index is 1.62. The van der Waals surface area contributed by atoms with Crippen molar-refractivity contribution >= 4 is 40.6 Å². The van der Waals surface area contributed by atoms with E-state index in [0.717, 1.165) is 5.56 Å². The van der Waals surface area contributed by atoms with Gasteiger partial charge in [0.05, 0.1) is 23.9 Å². The summed E-state index contributed by atoms with van der Waals surface area (Å²) in [6.07, 6.45) is 2.93. The number of hydrogen-bond donors (Lipinski definition) is 2. The van der Waals surface area contributed by atoms with Crippen molar-refractivity contribution in [3.8, 4) is 11.8 Å². The maximum atomic E-state index is 12.4. The molecule has 160 valence electrons. The van der Waals surface area contributed by atoms with Gasteiger partial charge in [0, 0.05) is 11.2 Å². The van der Waals surface area contributed by atoms with Gasteiger partial charge < -0.3 is 10.1 Å². The molecule has 3 aromatic rings. The molecule has 1 saturated heterocycles. The molecule has 0 aliphatic carbocycles. The second-order valence-corrected chi connectivity index (χ2v) is 7.68. The Morgan fingerprint density at radius 2 is 2.06 bits per heavy atom. The predicted molar refractivity (Wildman–Crippen MR) is 122 cm³/mol. The number of fused-ring (bicyclic) bond motifs is 1. The summed E-state index contributed by atoms with van der Waals surface area (Å²) in [6.45, 7) is 4.06. The number of carbonyl (C=O) groups excluding carboxylic acids is 1. The molecular formula is C23H19ClN6O2. The zero-order valence-electron chi connectivity index (χ0n) is 17.4. The quantitative estimate of drug-likeness (QED) is 0.579. The van der Waals surface area contributed by atoms with Crippen LogP contribution < -0.4 is 15.4 Å². The van der Waals surface area contributed by atoms with Gasteiger partial charge in [-0.3, -0.25) is 15.1 Å². The van der Waals surface area contributed by atoms with E-state index in [1.165, 1.54) is 6.20 Å². The van der Waals surface area contributed by atoms with Crippen molar-refractivity contribution in [1.82, 2.24) is 20.6 Å². The number of nitriles is 1. The zero-order chi connectivity index (χ0) is 22.7. The fourth-order valence-electron chi connectivity index (χ4n) is 3.08. The summed E-state index contributed by atoms with van der Waals surface area (Å²) in [5.74, 6) is 0.380. The lowest BCUT2D eigenvalue weighted by Crippen LogP contribution is -2.25. The number of hydrogen-bond acceptors (Lipinski definition) is 6. The molecule has 1 aromatic carbocycles. The largest absolute Gasteiger partial charge is 0.487 e. The molecule has 0 unspecified atom stereocenters. The first kappa shape index (κ1) is 21.3. The fraction of sp³-hybridized carbons (Fsp3) is 0.174. The van der Waals surface area contributed by atoms with Crippen LogP contribution in [0.5, 0.6) is 5.75 Å². The lowest BCUT2D eigenvalue weighted by Gasteiger charge is -2.13. The maximum Gasteiger partial charge on any atom is 0.274 e. The smallest absolute Gasteiger partial charge is 0.274 e. The zero-order valence-corrected chi connectivity index (χ0v) is 18.1. The van der Waals surface area contributed by atoms with Crippen molar-refractivity contribution in [1.29, 1.82) is 5.26 Å². The monoisotopic (exact) mass is 446 g/mol. The van der Waals surface area contributed by atoms with Gasteiger partial charge in [-0.15, -0.1) is 0 Å². The molecule has 2 aromatic heterocycles. The Labute approximate surface area is 189 Å². The minimum Gasteiger partial charge on any atom is -0.487 e. The third-order valence-corrected chi connectivity index (χ3v) is 4.92. The minimum absolute atomic E-state index is 0.143. The average Bonchev–Trinajstić information content (AvgIpc) is 3.12. The van der Waals surface area contributed by atoms with Crippen LogP contribution in [-0.2, 0) is 11.3 Å². The van der Waals surface area contributed by atoms with E-state index in [0.29, 0.717) is 51.3 Å². The van der Waals surface area contributed by atoms with Crippen LogP contribution in [0.2, 0.25) is 5.02 Å². The predicted octanol–water partition coefficient (Wildman–Crippen LogP) is 3.56. The van der Waals surface area contributed by atoms with Crippen molar-refractivity contribution < 1.29 is 9.53 Å². The van der Waals surface area contributed by atoms with Crippen LogP contribution in [0, 0.1) is 11.3 Å². The van der Waals surface area contributed by atoms with E-state index in [1.54, 1.807) is 24.3 Å². The molecule has 2 N–H and O–H groups in total. The van der Waals surface area contributed by atoms with E-state index < -0.39 is 0 Å². The molecule has 8 nitrogen and oxygen atoms in total. The highest BCUT2D eigenvalue weighted by atomic mass is 35.5. The van der Waals surface area contributed by atoms with Crippen LogP contribution in [-0.4, -0.2) is 27.9 Å². The summed E-state index contributed by atoms with van der Waals surface area (Å²) in [4.78, 5) is 25.6. The van der Waals surface area contributed by atoms with Crippen molar-refractivity contribution in [2.24, 2.45) is 4.99 Å². The van der Waals surface area contributed by atoms with Crippen molar-refractivity contribution in [2.45, 2.75) is 26.5 Å². The molecule has 1 fully saturated rings. The van der Waals surface area contributed by atoms with Crippen molar-refractivity contribution in [3.63, 3.8) is 0 Å². The molecule has 1 aliphatic heterocycles. The van der Waals surface area contributed by atoms with Gasteiger partial charge in [0.15, 0.2) is 5.75 Å². The van der Waals surface area contributed by atoms with E-state index in [9.17, 15) is 10.1 Å². The molecule has 0 radical (unpaired) electrons. The van der Waals surface area contributed by atoms with Gasteiger partial charge in [0.25, 0.3) is 5.91 Å². The van der Waals surface area contributed by atoms with E-state index in [2.05, 4.69) is 31.7 Å². The van der Waals surface area contributed by atoms with E-state index in [-0.39, 0.29) is 12.0 Å². The Morgan fingerprint density at radius 1 is 1.25 bits per heavy atom. The third kappa shape index (κ3) is 4.53. The van der Waals surface area contributed by atoms with Crippen LogP contribution in [0.1, 0.15) is 30.7 Å². The molecule has 3 heterocycles. The molecule has 32 heavy (non-hydrogen) atoms. The second-order valence-electron chi connectivity index (χ2n) is 7.28. The van der Waals surface area contributed by atoms with Crippen LogP contribution in [0.3, 0.4) is 0 Å². The number of benzene rings is 1. The Kier molecular flexibility index (Phi) is 6.01. The highest BCUT2D eigenvalue weighted by Crippen LogP contribution is 2.28. The number of carbonyl (C=O) groups is 1. The summed E-state index contributed by atoms with van der Waals surface area (Å²) in [5.41, 5.74) is 3.00. The van der Waals surface area contributed by atoms with Crippen LogP contribution in [0.25, 0.3) is 17.1 Å². The summed E-state index contributed by atoms with van der Waals surface area (Å²) in [7, 11) is 0. The summed E-state index contributed by atoms with van der Waals surface area (Å²) in [6, 6.07) is 13.0. The fourth-order valence-corrected chi connectivity index (χ4v) is 3.28. The normalized spacial score (nSPS) is 15.8. The molecule has 0 spiro atoms. The molecule has 0 bridgehead atoms. The summed E-state index contributed by atoms with van der Waals surface area (Å²) >= 11 is 6.16. The number of amides is 1. The number of halogens is 1. The van der Waals surface area contributed by atoms with Crippen molar-refractivity contribution in [2.75, 3.05) is 0 Å². The van der Waals surface area contributed by atoms with Gasteiger partial charge in [-0.25, -0.2) is 9.98 Å². The van der Waals surface area contributed by atoms with Gasteiger partial charge in [-0.1, -0.05) is 29.8 Å². The first-order valence-electron chi connectivity index (χ1n) is 9.89. The number of pyridine rings is 2. The molecule has 1 amide bonds. The van der Waals surface area contributed by atoms with Gasteiger partial charge in [0.1, 0.15) is 22.8 Å². The Morgan fingerprint density at radius 3 is 2.81 bits per heavy atom. The van der Waals surface area contributed by atoms with Gasteiger partial charge in [-0.2, -0.15) is 5.26 Å². The van der Waals surface area contributed by atoms with Gasteiger partial charge in [0.2, 0.25) is 5.96 Å². The number of nitrogens with zero attached hydrogens (tertiary/aromatic N) is 4. The SMILES string of the molecule is CC(C)Oc1c(C#N)cnc2ccc(/C=C3/NC(=NCc4ccccc4Cl)NC3=O)nc12. The molecule has 0 atom stereocenters. The first-order chi connectivity index (χ1) is 15.4. The lowest BCUT2D eigenvalue weighted by molar-refractivity contribution is -0.115. The highest BCUT2D eigenvalue weighted by molar-refractivity contribution is 6.31. The van der Waals surface area contributed by atoms with E-state index in [1.807, 2.05) is 32.0 Å². The number of ether oxygens (including phenoxy) is 1. The lowest BCUT2D eigenvalue weighted by atomic mass is 10.2. The first-order valence-corrected chi connectivity index (χ1v) is 10.3. The van der Waals surface area contributed by atoms with Crippen molar-refractivity contribution in [3.05, 3.63) is 70.1 Å². The Hall–Kier alpha value is -3.96. The number of nitrogens with one attached hydrogen (secondary N) is 2. The molecular weight excluding hydrogens is 428 g/mol.